The number of aromatic nitrogens is 4. The summed E-state index contributed by atoms with van der Waals surface area (Å²) in [6, 6.07) is 11.4. The Hall–Kier alpha value is -3.01. The summed E-state index contributed by atoms with van der Waals surface area (Å²) < 4.78 is 1.60. The Kier molecular flexibility index (Phi) is 5.54. The zero-order chi connectivity index (χ0) is 22.2. The van der Waals surface area contributed by atoms with Crippen LogP contribution in [-0.4, -0.2) is 19.5 Å². The van der Waals surface area contributed by atoms with Gasteiger partial charge in [-0.1, -0.05) is 30.0 Å². The molecule has 6 nitrogen and oxygen atoms in total. The van der Waals surface area contributed by atoms with Crippen molar-refractivity contribution in [1.82, 2.24) is 19.5 Å². The van der Waals surface area contributed by atoms with E-state index in [4.69, 9.17) is 0 Å². The summed E-state index contributed by atoms with van der Waals surface area (Å²) in [6.45, 7) is 6.16. The zero-order valence-corrected chi connectivity index (χ0v) is 19.6. The van der Waals surface area contributed by atoms with Gasteiger partial charge in [-0.15, -0.1) is 29.3 Å². The van der Waals surface area contributed by atoms with Crippen LogP contribution in [0.2, 0.25) is 0 Å². The van der Waals surface area contributed by atoms with Crippen molar-refractivity contribution in [2.24, 2.45) is 0 Å². The number of aromatic amines is 1. The van der Waals surface area contributed by atoms with Gasteiger partial charge in [0.25, 0.3) is 11.1 Å². The van der Waals surface area contributed by atoms with Crippen molar-refractivity contribution in [3.05, 3.63) is 85.8 Å². The molecule has 0 unspecified atom stereocenters. The van der Waals surface area contributed by atoms with Crippen LogP contribution < -0.4 is 11.1 Å². The molecule has 0 fully saturated rings. The number of hydrogen-bond donors (Lipinski definition) is 1. The molecule has 32 heavy (non-hydrogen) atoms. The molecule has 0 aliphatic rings. The number of nitrogens with zero attached hydrogens (tertiary/aromatic N) is 3. The molecule has 4 heterocycles. The quantitative estimate of drug-likeness (QED) is 0.206. The minimum absolute atomic E-state index is 0.107. The second kappa shape index (κ2) is 8.50. The molecule has 0 saturated carbocycles. The number of fused-ring (bicyclic) bond motifs is 2. The molecule has 9 heteroatoms. The topological polar surface area (TPSA) is 80.6 Å². The van der Waals surface area contributed by atoms with Gasteiger partial charge in [0.05, 0.1) is 22.0 Å². The molecule has 1 aromatic carbocycles. The molecule has 0 aliphatic carbocycles. The molecule has 0 spiro atoms. The maximum atomic E-state index is 12.9. The third-order valence-corrected chi connectivity index (χ3v) is 7.87. The molecule has 160 valence electrons. The molecular weight excluding hydrogens is 460 g/mol. The summed E-state index contributed by atoms with van der Waals surface area (Å²) in [7, 11) is 0. The van der Waals surface area contributed by atoms with Crippen LogP contribution in [0.4, 0.5) is 0 Å². The second-order valence-corrected chi connectivity index (χ2v) is 10.2. The summed E-state index contributed by atoms with van der Waals surface area (Å²) in [5.41, 5.74) is 1.31. The average molecular weight is 479 g/mol. The maximum absolute atomic E-state index is 12.9. The highest BCUT2D eigenvalue weighted by Crippen LogP contribution is 2.35. The van der Waals surface area contributed by atoms with Gasteiger partial charge in [-0.05, 0) is 31.2 Å². The predicted molar refractivity (Wildman–Crippen MR) is 134 cm³/mol. The zero-order valence-electron chi connectivity index (χ0n) is 17.1. The number of allylic oxidation sites excluding steroid dienone is 1. The lowest BCUT2D eigenvalue weighted by atomic mass is 10.2. The Labute approximate surface area is 195 Å². The molecule has 1 N–H and O–H groups in total. The molecule has 0 bridgehead atoms. The monoisotopic (exact) mass is 478 g/mol. The molecule has 0 radical (unpaired) electrons. The van der Waals surface area contributed by atoms with Gasteiger partial charge in [-0.25, -0.2) is 9.97 Å². The van der Waals surface area contributed by atoms with E-state index in [-0.39, 0.29) is 11.1 Å². The molecular formula is C23H18N4O2S3. The first-order chi connectivity index (χ1) is 15.5. The SMILES string of the molecule is C=CCn1c(SCc2nc3scc(-c4ccc(C)s4)c3c(=O)[nH]2)nc2ccccc2c1=O. The number of aryl methyl sites for hydroxylation is 1. The van der Waals surface area contributed by atoms with Gasteiger partial charge < -0.3 is 4.98 Å². The van der Waals surface area contributed by atoms with Crippen LogP contribution in [0.25, 0.3) is 31.6 Å². The van der Waals surface area contributed by atoms with Crippen LogP contribution >= 0.6 is 34.4 Å². The number of rotatable bonds is 6. The van der Waals surface area contributed by atoms with E-state index in [0.29, 0.717) is 44.4 Å². The van der Waals surface area contributed by atoms with Gasteiger partial charge in [0.15, 0.2) is 5.16 Å². The lowest BCUT2D eigenvalue weighted by Gasteiger charge is -2.11. The van der Waals surface area contributed by atoms with Crippen LogP contribution in [0, 0.1) is 6.92 Å². The standard InChI is InChI=1S/C23H18N4O2S3/c1-3-10-27-22(29)14-6-4-5-7-16(14)24-23(27)31-12-18-25-20(28)19-15(11-30-21(19)26-18)17-9-8-13(2)32-17/h3-9,11H,1,10,12H2,2H3,(H,25,26,28). The highest BCUT2D eigenvalue weighted by Gasteiger charge is 2.16. The number of H-pyrrole nitrogens is 1. The number of thioether (sulfide) groups is 1. The van der Waals surface area contributed by atoms with Crippen molar-refractivity contribution >= 4 is 55.6 Å². The van der Waals surface area contributed by atoms with Gasteiger partial charge in [-0.3, -0.25) is 14.2 Å². The van der Waals surface area contributed by atoms with E-state index in [1.54, 1.807) is 28.0 Å². The van der Waals surface area contributed by atoms with Crippen LogP contribution in [-0.2, 0) is 12.3 Å². The van der Waals surface area contributed by atoms with Crippen LogP contribution in [0.3, 0.4) is 0 Å². The van der Waals surface area contributed by atoms with Crippen molar-refractivity contribution in [2.75, 3.05) is 0 Å². The molecule has 0 saturated heterocycles. The summed E-state index contributed by atoms with van der Waals surface area (Å²) in [6.07, 6.45) is 1.67. The van der Waals surface area contributed by atoms with Crippen molar-refractivity contribution < 1.29 is 0 Å². The van der Waals surface area contributed by atoms with E-state index in [0.717, 1.165) is 10.4 Å². The van der Waals surface area contributed by atoms with Crippen molar-refractivity contribution in [2.45, 2.75) is 24.4 Å². The molecule has 5 rings (SSSR count). The van der Waals surface area contributed by atoms with Gasteiger partial charge in [0.1, 0.15) is 10.7 Å². The lowest BCUT2D eigenvalue weighted by Crippen LogP contribution is -2.22. The van der Waals surface area contributed by atoms with E-state index in [1.807, 2.05) is 36.6 Å². The van der Waals surface area contributed by atoms with Gasteiger partial charge in [-0.2, -0.15) is 0 Å². The summed E-state index contributed by atoms with van der Waals surface area (Å²) in [5.74, 6) is 0.939. The lowest BCUT2D eigenvalue weighted by molar-refractivity contribution is 0.671. The molecule has 0 atom stereocenters. The van der Waals surface area contributed by atoms with Crippen molar-refractivity contribution in [1.29, 1.82) is 0 Å². The first-order valence-corrected chi connectivity index (χ1v) is 12.5. The second-order valence-electron chi connectivity index (χ2n) is 7.16. The summed E-state index contributed by atoms with van der Waals surface area (Å²) in [5, 5.41) is 3.75. The molecule has 0 amide bonds. The number of benzene rings is 1. The Morgan fingerprint density at radius 3 is 2.81 bits per heavy atom. The van der Waals surface area contributed by atoms with E-state index in [2.05, 4.69) is 27.6 Å². The van der Waals surface area contributed by atoms with Gasteiger partial charge >= 0.3 is 0 Å². The summed E-state index contributed by atoms with van der Waals surface area (Å²) in [4.78, 5) is 41.0. The largest absolute Gasteiger partial charge is 0.309 e. The third-order valence-electron chi connectivity index (χ3n) is 4.98. The van der Waals surface area contributed by atoms with E-state index < -0.39 is 0 Å². The van der Waals surface area contributed by atoms with Crippen LogP contribution in [0.1, 0.15) is 10.7 Å². The fourth-order valence-electron chi connectivity index (χ4n) is 3.50. The Bertz CT molecular complexity index is 1590. The minimum Gasteiger partial charge on any atom is -0.309 e. The van der Waals surface area contributed by atoms with E-state index in [1.165, 1.54) is 28.0 Å². The van der Waals surface area contributed by atoms with Gasteiger partial charge in [0, 0.05) is 27.2 Å². The fourth-order valence-corrected chi connectivity index (χ4v) is 6.30. The Balaban J connectivity index is 1.50. The van der Waals surface area contributed by atoms with Crippen LogP contribution in [0.15, 0.2) is 69.2 Å². The van der Waals surface area contributed by atoms with E-state index >= 15 is 0 Å². The van der Waals surface area contributed by atoms with Gasteiger partial charge in [0.2, 0.25) is 0 Å². The molecule has 5 aromatic rings. The first-order valence-electron chi connectivity index (χ1n) is 9.85. The number of para-hydroxylation sites is 1. The molecule has 4 aromatic heterocycles. The minimum atomic E-state index is -0.150. The Morgan fingerprint density at radius 2 is 2.03 bits per heavy atom. The predicted octanol–water partition coefficient (Wildman–Crippen LogP) is 5.21. The average Bonchev–Trinajstić information content (AvgIpc) is 3.41. The smallest absolute Gasteiger partial charge is 0.262 e. The number of hydrogen-bond acceptors (Lipinski definition) is 7. The maximum Gasteiger partial charge on any atom is 0.262 e. The van der Waals surface area contributed by atoms with E-state index in [9.17, 15) is 9.59 Å². The van der Waals surface area contributed by atoms with Crippen LogP contribution in [0.5, 0.6) is 0 Å². The van der Waals surface area contributed by atoms with Crippen molar-refractivity contribution in [3.63, 3.8) is 0 Å². The Morgan fingerprint density at radius 1 is 1.19 bits per heavy atom. The highest BCUT2D eigenvalue weighted by atomic mass is 32.2. The fraction of sp³-hybridized carbons (Fsp3) is 0.130. The highest BCUT2D eigenvalue weighted by molar-refractivity contribution is 7.98. The number of thiophene rings is 2. The summed E-state index contributed by atoms with van der Waals surface area (Å²) >= 11 is 4.50. The first kappa shape index (κ1) is 20.9. The normalized spacial score (nSPS) is 11.4. The molecule has 0 aliphatic heterocycles. The third kappa shape index (κ3) is 3.72. The van der Waals surface area contributed by atoms with Crippen molar-refractivity contribution in [3.8, 4) is 10.4 Å². The number of nitrogens with one attached hydrogen (secondary N) is 1.